The zero-order valence-corrected chi connectivity index (χ0v) is 12.5. The van der Waals surface area contributed by atoms with Crippen molar-refractivity contribution in [1.82, 2.24) is 10.1 Å². The number of hydrogen-bond donors (Lipinski definition) is 1. The van der Waals surface area contributed by atoms with E-state index in [-0.39, 0.29) is 5.82 Å². The molecule has 0 unspecified atom stereocenters. The van der Waals surface area contributed by atoms with Gasteiger partial charge < -0.3 is 10.3 Å². The van der Waals surface area contributed by atoms with Crippen molar-refractivity contribution in [2.75, 3.05) is 5.73 Å². The van der Waals surface area contributed by atoms with Gasteiger partial charge in [-0.15, -0.1) is 0 Å². The third-order valence-corrected chi connectivity index (χ3v) is 3.56. The summed E-state index contributed by atoms with van der Waals surface area (Å²) in [4.78, 5) is 4.31. The first-order valence-corrected chi connectivity index (χ1v) is 7.03. The molecule has 0 aliphatic carbocycles. The summed E-state index contributed by atoms with van der Waals surface area (Å²) in [6.45, 7) is 0. The van der Waals surface area contributed by atoms with E-state index >= 15 is 0 Å². The third kappa shape index (κ3) is 3.11. The number of halogens is 2. The molecule has 0 bridgehead atoms. The second-order valence-electron chi connectivity index (χ2n) is 4.56. The van der Waals surface area contributed by atoms with Crippen LogP contribution in [-0.4, -0.2) is 10.1 Å². The Hall–Kier alpha value is -2.21. The summed E-state index contributed by atoms with van der Waals surface area (Å²) in [5.74, 6) is 0.577. The quantitative estimate of drug-likeness (QED) is 0.731. The SMILES string of the molecule is Nc1cccc(Cc2nc(-c3ccc(F)c(Br)c3)no2)c1. The highest BCUT2D eigenvalue weighted by molar-refractivity contribution is 9.10. The Kier molecular flexibility index (Phi) is 3.70. The average molecular weight is 348 g/mol. The Balaban J connectivity index is 1.84. The largest absolute Gasteiger partial charge is 0.399 e. The van der Waals surface area contributed by atoms with Gasteiger partial charge in [0.15, 0.2) is 0 Å². The van der Waals surface area contributed by atoms with Gasteiger partial charge in [-0.1, -0.05) is 17.3 Å². The first-order chi connectivity index (χ1) is 10.1. The van der Waals surface area contributed by atoms with Gasteiger partial charge in [-0.05, 0) is 51.8 Å². The molecule has 6 heteroatoms. The lowest BCUT2D eigenvalue weighted by molar-refractivity contribution is 0.385. The summed E-state index contributed by atoms with van der Waals surface area (Å²) in [5, 5.41) is 3.92. The fourth-order valence-corrected chi connectivity index (χ4v) is 2.34. The molecule has 0 radical (unpaired) electrons. The second kappa shape index (κ2) is 5.65. The van der Waals surface area contributed by atoms with Crippen molar-refractivity contribution in [1.29, 1.82) is 0 Å². The molecule has 1 aromatic heterocycles. The fourth-order valence-electron chi connectivity index (χ4n) is 1.96. The molecular formula is C15H11BrFN3O. The number of nitrogens with zero attached hydrogens (tertiary/aromatic N) is 2. The van der Waals surface area contributed by atoms with Gasteiger partial charge in [0.2, 0.25) is 11.7 Å². The van der Waals surface area contributed by atoms with Crippen molar-refractivity contribution in [2.24, 2.45) is 0 Å². The van der Waals surface area contributed by atoms with E-state index in [0.29, 0.717) is 33.9 Å². The van der Waals surface area contributed by atoms with Crippen LogP contribution in [0.5, 0.6) is 0 Å². The van der Waals surface area contributed by atoms with E-state index in [9.17, 15) is 4.39 Å². The number of rotatable bonds is 3. The molecule has 0 amide bonds. The van der Waals surface area contributed by atoms with Gasteiger partial charge in [-0.2, -0.15) is 4.98 Å². The minimum atomic E-state index is -0.331. The molecule has 3 rings (SSSR count). The molecule has 106 valence electrons. The lowest BCUT2D eigenvalue weighted by atomic mass is 10.1. The van der Waals surface area contributed by atoms with Crippen molar-refractivity contribution in [2.45, 2.75) is 6.42 Å². The summed E-state index contributed by atoms with van der Waals surface area (Å²) in [6.07, 6.45) is 0.500. The van der Waals surface area contributed by atoms with Gasteiger partial charge >= 0.3 is 0 Å². The Morgan fingerprint density at radius 1 is 1.19 bits per heavy atom. The topological polar surface area (TPSA) is 64.9 Å². The molecule has 0 aliphatic rings. The first kappa shape index (κ1) is 13.8. The van der Waals surface area contributed by atoms with Crippen LogP contribution in [0.15, 0.2) is 51.5 Å². The summed E-state index contributed by atoms with van der Waals surface area (Å²) < 4.78 is 18.8. The number of aromatic nitrogens is 2. The third-order valence-electron chi connectivity index (χ3n) is 2.95. The van der Waals surface area contributed by atoms with Crippen LogP contribution in [0.1, 0.15) is 11.5 Å². The zero-order valence-electron chi connectivity index (χ0n) is 10.9. The van der Waals surface area contributed by atoms with Crippen LogP contribution in [0.4, 0.5) is 10.1 Å². The van der Waals surface area contributed by atoms with E-state index in [2.05, 4.69) is 26.1 Å². The van der Waals surface area contributed by atoms with Gasteiger partial charge in [0.1, 0.15) is 5.82 Å². The van der Waals surface area contributed by atoms with Crippen LogP contribution < -0.4 is 5.73 Å². The summed E-state index contributed by atoms with van der Waals surface area (Å²) in [5.41, 5.74) is 8.10. The maximum Gasteiger partial charge on any atom is 0.231 e. The van der Waals surface area contributed by atoms with Crippen LogP contribution in [0.2, 0.25) is 0 Å². The molecule has 0 aliphatic heterocycles. The molecule has 2 N–H and O–H groups in total. The highest BCUT2D eigenvalue weighted by Gasteiger charge is 2.11. The normalized spacial score (nSPS) is 10.8. The number of hydrogen-bond acceptors (Lipinski definition) is 4. The predicted octanol–water partition coefficient (Wildman–Crippen LogP) is 3.81. The molecule has 4 nitrogen and oxygen atoms in total. The van der Waals surface area contributed by atoms with Crippen LogP contribution in [0, 0.1) is 5.82 Å². The smallest absolute Gasteiger partial charge is 0.231 e. The van der Waals surface area contributed by atoms with Gasteiger partial charge in [0.05, 0.1) is 10.9 Å². The van der Waals surface area contributed by atoms with Crippen LogP contribution in [0.25, 0.3) is 11.4 Å². The number of benzene rings is 2. The Morgan fingerprint density at radius 3 is 2.81 bits per heavy atom. The van der Waals surface area contributed by atoms with Crippen molar-refractivity contribution in [3.63, 3.8) is 0 Å². The first-order valence-electron chi connectivity index (χ1n) is 6.24. The molecule has 0 saturated carbocycles. The monoisotopic (exact) mass is 347 g/mol. The van der Waals surface area contributed by atoms with E-state index in [1.807, 2.05) is 24.3 Å². The molecule has 0 atom stereocenters. The van der Waals surface area contributed by atoms with Crippen molar-refractivity contribution in [3.8, 4) is 11.4 Å². The lowest BCUT2D eigenvalue weighted by Gasteiger charge is -1.98. The molecular weight excluding hydrogens is 337 g/mol. The van der Waals surface area contributed by atoms with Crippen LogP contribution >= 0.6 is 15.9 Å². The van der Waals surface area contributed by atoms with E-state index < -0.39 is 0 Å². The minimum absolute atomic E-state index is 0.331. The van der Waals surface area contributed by atoms with Gasteiger partial charge in [0, 0.05) is 11.3 Å². The predicted molar refractivity (Wildman–Crippen MR) is 81.1 cm³/mol. The Bertz CT molecular complexity index is 788. The summed E-state index contributed by atoms with van der Waals surface area (Å²) >= 11 is 3.14. The maximum absolute atomic E-state index is 13.2. The van der Waals surface area contributed by atoms with Crippen LogP contribution in [-0.2, 0) is 6.42 Å². The van der Waals surface area contributed by atoms with Gasteiger partial charge in [-0.25, -0.2) is 4.39 Å². The van der Waals surface area contributed by atoms with Crippen molar-refractivity contribution < 1.29 is 8.91 Å². The average Bonchev–Trinajstić information content (AvgIpc) is 2.90. The van der Waals surface area contributed by atoms with Crippen LogP contribution in [0.3, 0.4) is 0 Å². The van der Waals surface area contributed by atoms with Crippen molar-refractivity contribution >= 4 is 21.6 Å². The number of nitrogen functional groups attached to an aromatic ring is 1. The highest BCUT2D eigenvalue weighted by atomic mass is 79.9. The van der Waals surface area contributed by atoms with E-state index in [0.717, 1.165) is 5.56 Å². The zero-order chi connectivity index (χ0) is 14.8. The molecule has 0 spiro atoms. The van der Waals surface area contributed by atoms with E-state index in [4.69, 9.17) is 10.3 Å². The molecule has 21 heavy (non-hydrogen) atoms. The fraction of sp³-hybridized carbons (Fsp3) is 0.0667. The molecule has 3 aromatic rings. The highest BCUT2D eigenvalue weighted by Crippen LogP contribution is 2.23. The van der Waals surface area contributed by atoms with E-state index in [1.54, 1.807) is 12.1 Å². The minimum Gasteiger partial charge on any atom is -0.399 e. The number of nitrogens with two attached hydrogens (primary N) is 1. The van der Waals surface area contributed by atoms with E-state index in [1.165, 1.54) is 6.07 Å². The van der Waals surface area contributed by atoms with Gasteiger partial charge in [-0.3, -0.25) is 0 Å². The molecule has 0 fully saturated rings. The van der Waals surface area contributed by atoms with Gasteiger partial charge in [0.25, 0.3) is 0 Å². The molecule has 2 aromatic carbocycles. The lowest BCUT2D eigenvalue weighted by Crippen LogP contribution is -1.91. The molecule has 0 saturated heterocycles. The second-order valence-corrected chi connectivity index (χ2v) is 5.42. The number of anilines is 1. The standard InChI is InChI=1S/C15H11BrFN3O/c16-12-8-10(4-5-13(12)17)15-19-14(21-20-15)7-9-2-1-3-11(18)6-9/h1-6,8H,7,18H2. The Morgan fingerprint density at radius 2 is 2.05 bits per heavy atom. The summed E-state index contributed by atoms with van der Waals surface area (Å²) in [7, 11) is 0. The van der Waals surface area contributed by atoms with Crippen molar-refractivity contribution in [3.05, 3.63) is 64.2 Å². The maximum atomic E-state index is 13.2. The Labute approximate surface area is 128 Å². The summed E-state index contributed by atoms with van der Waals surface area (Å²) in [6, 6.07) is 12.1. The molecule has 1 heterocycles.